The van der Waals surface area contributed by atoms with E-state index in [1.807, 2.05) is 29.7 Å². The minimum absolute atomic E-state index is 0.324. The first-order chi connectivity index (χ1) is 11.6. The summed E-state index contributed by atoms with van der Waals surface area (Å²) in [5.74, 6) is -0.0247. The molecule has 0 saturated carbocycles. The molecular formula is C16H17BrN4O2S. The molecule has 0 bridgehead atoms. The van der Waals surface area contributed by atoms with Gasteiger partial charge in [0.15, 0.2) is 4.80 Å². The first-order valence-electron chi connectivity index (χ1n) is 7.53. The van der Waals surface area contributed by atoms with Crippen LogP contribution in [0.25, 0.3) is 10.2 Å². The van der Waals surface area contributed by atoms with Gasteiger partial charge in [0.2, 0.25) is 5.82 Å². The molecule has 0 aliphatic rings. The normalized spacial score (nSPS) is 12.2. The van der Waals surface area contributed by atoms with Crippen molar-refractivity contribution in [2.75, 3.05) is 13.2 Å². The van der Waals surface area contributed by atoms with Crippen LogP contribution in [0.3, 0.4) is 0 Å². The summed E-state index contributed by atoms with van der Waals surface area (Å²) in [6, 6.07) is 6.03. The van der Waals surface area contributed by atoms with Gasteiger partial charge < -0.3 is 13.9 Å². The van der Waals surface area contributed by atoms with Crippen LogP contribution in [0.1, 0.15) is 17.5 Å². The molecule has 0 saturated heterocycles. The van der Waals surface area contributed by atoms with Gasteiger partial charge in [0.25, 0.3) is 0 Å². The number of carbonyl (C=O) groups excluding carboxylic acids is 1. The van der Waals surface area contributed by atoms with E-state index in [-0.39, 0.29) is 5.91 Å². The summed E-state index contributed by atoms with van der Waals surface area (Å²) in [5.41, 5.74) is 1.04. The van der Waals surface area contributed by atoms with Crippen LogP contribution in [-0.4, -0.2) is 33.2 Å². The molecule has 24 heavy (non-hydrogen) atoms. The Bertz CT molecular complexity index is 941. The van der Waals surface area contributed by atoms with E-state index in [4.69, 9.17) is 4.74 Å². The zero-order chi connectivity index (χ0) is 17.1. The summed E-state index contributed by atoms with van der Waals surface area (Å²) < 4.78 is 11.2. The van der Waals surface area contributed by atoms with Gasteiger partial charge in [-0.15, -0.1) is 0 Å². The predicted molar refractivity (Wildman–Crippen MR) is 97.1 cm³/mol. The van der Waals surface area contributed by atoms with Crippen LogP contribution >= 0.6 is 27.3 Å². The van der Waals surface area contributed by atoms with Gasteiger partial charge >= 0.3 is 5.91 Å². The molecule has 126 valence electrons. The van der Waals surface area contributed by atoms with Crippen molar-refractivity contribution in [2.24, 2.45) is 12.0 Å². The van der Waals surface area contributed by atoms with Crippen molar-refractivity contribution in [1.29, 1.82) is 0 Å². The van der Waals surface area contributed by atoms with Crippen molar-refractivity contribution in [2.45, 2.75) is 13.5 Å². The van der Waals surface area contributed by atoms with E-state index in [9.17, 15) is 4.79 Å². The second-order valence-electron chi connectivity index (χ2n) is 5.12. The number of imidazole rings is 1. The Morgan fingerprint density at radius 1 is 1.46 bits per heavy atom. The number of halogens is 1. The zero-order valence-corrected chi connectivity index (χ0v) is 15.8. The minimum Gasteiger partial charge on any atom is -0.380 e. The number of nitrogens with zero attached hydrogens (tertiary/aromatic N) is 4. The molecule has 1 amide bonds. The van der Waals surface area contributed by atoms with E-state index < -0.39 is 0 Å². The molecular weight excluding hydrogens is 392 g/mol. The molecule has 2 aromatic heterocycles. The Morgan fingerprint density at radius 2 is 2.29 bits per heavy atom. The summed E-state index contributed by atoms with van der Waals surface area (Å²) in [5, 5.41) is 0. The largest absolute Gasteiger partial charge is 0.380 e. The highest BCUT2D eigenvalue weighted by Gasteiger charge is 2.12. The van der Waals surface area contributed by atoms with Gasteiger partial charge in [-0.25, -0.2) is 4.98 Å². The Morgan fingerprint density at radius 3 is 3.00 bits per heavy atom. The SMILES string of the molecule is CCOCCn1c(=NC(=O)c2nccn2C)sc2cc(Br)ccc21. The van der Waals surface area contributed by atoms with Gasteiger partial charge in [0.1, 0.15) is 0 Å². The van der Waals surface area contributed by atoms with Crippen molar-refractivity contribution >= 4 is 43.4 Å². The highest BCUT2D eigenvalue weighted by molar-refractivity contribution is 9.10. The molecule has 0 atom stereocenters. The number of benzene rings is 1. The Hall–Kier alpha value is -1.77. The van der Waals surface area contributed by atoms with Crippen molar-refractivity contribution in [3.8, 4) is 0 Å². The molecule has 3 aromatic rings. The van der Waals surface area contributed by atoms with Crippen molar-refractivity contribution in [1.82, 2.24) is 14.1 Å². The second kappa shape index (κ2) is 7.42. The van der Waals surface area contributed by atoms with Crippen LogP contribution < -0.4 is 4.80 Å². The smallest absolute Gasteiger partial charge is 0.315 e. The van der Waals surface area contributed by atoms with E-state index >= 15 is 0 Å². The highest BCUT2D eigenvalue weighted by atomic mass is 79.9. The molecule has 1 aromatic carbocycles. The number of aryl methyl sites for hydroxylation is 1. The zero-order valence-electron chi connectivity index (χ0n) is 13.4. The van der Waals surface area contributed by atoms with Gasteiger partial charge in [-0.3, -0.25) is 4.79 Å². The lowest BCUT2D eigenvalue weighted by molar-refractivity contribution is 0.0984. The average molecular weight is 409 g/mol. The van der Waals surface area contributed by atoms with E-state index in [0.29, 0.717) is 30.4 Å². The van der Waals surface area contributed by atoms with Gasteiger partial charge in [0.05, 0.1) is 16.8 Å². The third-order valence-electron chi connectivity index (χ3n) is 3.52. The number of amides is 1. The van der Waals surface area contributed by atoms with E-state index in [0.717, 1.165) is 14.7 Å². The highest BCUT2D eigenvalue weighted by Crippen LogP contribution is 2.22. The Kier molecular flexibility index (Phi) is 5.27. The molecule has 0 N–H and O–H groups in total. The average Bonchev–Trinajstić information content (AvgIpc) is 3.11. The Labute approximate surface area is 151 Å². The fourth-order valence-electron chi connectivity index (χ4n) is 2.36. The minimum atomic E-state index is -0.349. The molecule has 0 spiro atoms. The molecule has 0 fully saturated rings. The maximum Gasteiger partial charge on any atom is 0.315 e. The van der Waals surface area contributed by atoms with Gasteiger partial charge in [-0.05, 0) is 25.1 Å². The number of aromatic nitrogens is 3. The number of ether oxygens (including phenoxy) is 1. The lowest BCUT2D eigenvalue weighted by Gasteiger charge is -2.05. The first kappa shape index (κ1) is 17.1. The molecule has 0 aliphatic heterocycles. The van der Waals surface area contributed by atoms with Crippen LogP contribution in [0, 0.1) is 0 Å². The third kappa shape index (κ3) is 3.50. The van der Waals surface area contributed by atoms with Gasteiger partial charge in [-0.2, -0.15) is 4.99 Å². The van der Waals surface area contributed by atoms with E-state index in [2.05, 4.69) is 25.9 Å². The van der Waals surface area contributed by atoms with E-state index in [1.165, 1.54) is 11.3 Å². The van der Waals surface area contributed by atoms with Gasteiger partial charge in [0, 0.05) is 37.1 Å². The van der Waals surface area contributed by atoms with Crippen LogP contribution in [0.2, 0.25) is 0 Å². The molecule has 2 heterocycles. The number of rotatable bonds is 5. The standard InChI is InChI=1S/C16H17BrN4O2S/c1-3-23-9-8-21-12-5-4-11(17)10-13(12)24-16(21)19-15(22)14-18-6-7-20(14)2/h4-7,10H,3,8-9H2,1-2H3. The summed E-state index contributed by atoms with van der Waals surface area (Å²) >= 11 is 4.96. The maximum atomic E-state index is 12.4. The van der Waals surface area contributed by atoms with Gasteiger partial charge in [-0.1, -0.05) is 27.3 Å². The Balaban J connectivity index is 2.08. The number of hydrogen-bond acceptors (Lipinski definition) is 4. The number of thiazole rings is 1. The molecule has 6 nitrogen and oxygen atoms in total. The summed E-state index contributed by atoms with van der Waals surface area (Å²) in [7, 11) is 1.78. The van der Waals surface area contributed by atoms with Crippen molar-refractivity contribution in [3.63, 3.8) is 0 Å². The summed E-state index contributed by atoms with van der Waals surface area (Å²) in [4.78, 5) is 21.4. The summed E-state index contributed by atoms with van der Waals surface area (Å²) in [6.07, 6.45) is 3.32. The lowest BCUT2D eigenvalue weighted by Crippen LogP contribution is -2.20. The predicted octanol–water partition coefficient (Wildman–Crippen LogP) is 2.98. The number of fused-ring (bicyclic) bond motifs is 1. The van der Waals surface area contributed by atoms with Crippen molar-refractivity contribution in [3.05, 3.63) is 45.7 Å². The molecule has 0 aliphatic carbocycles. The first-order valence-corrected chi connectivity index (χ1v) is 9.14. The molecule has 8 heteroatoms. The van der Waals surface area contributed by atoms with E-state index in [1.54, 1.807) is 24.0 Å². The fourth-order valence-corrected chi connectivity index (χ4v) is 3.96. The number of hydrogen-bond donors (Lipinski definition) is 0. The maximum absolute atomic E-state index is 12.4. The summed E-state index contributed by atoms with van der Waals surface area (Å²) in [6.45, 7) is 3.83. The second-order valence-corrected chi connectivity index (χ2v) is 7.05. The van der Waals surface area contributed by atoms with Crippen LogP contribution in [0.4, 0.5) is 0 Å². The van der Waals surface area contributed by atoms with Crippen molar-refractivity contribution < 1.29 is 9.53 Å². The molecule has 0 radical (unpaired) electrons. The molecule has 3 rings (SSSR count). The quantitative estimate of drug-likeness (QED) is 0.609. The molecule has 0 unspecified atom stereocenters. The van der Waals surface area contributed by atoms with Crippen LogP contribution in [0.5, 0.6) is 0 Å². The monoisotopic (exact) mass is 408 g/mol. The topological polar surface area (TPSA) is 61.4 Å². The third-order valence-corrected chi connectivity index (χ3v) is 5.05. The van der Waals surface area contributed by atoms with Crippen LogP contribution in [0.15, 0.2) is 40.1 Å². The lowest BCUT2D eigenvalue weighted by atomic mass is 10.3. The number of carbonyl (C=O) groups is 1. The fraction of sp³-hybridized carbons (Fsp3) is 0.312. The van der Waals surface area contributed by atoms with Crippen LogP contribution in [-0.2, 0) is 18.3 Å².